The van der Waals surface area contributed by atoms with Crippen LogP contribution in [-0.2, 0) is 23.2 Å². The van der Waals surface area contributed by atoms with E-state index in [1.54, 1.807) is 11.3 Å². The summed E-state index contributed by atoms with van der Waals surface area (Å²) >= 11 is 8.44. The Morgan fingerprint density at radius 2 is 2.09 bits per heavy atom. The van der Waals surface area contributed by atoms with E-state index in [4.69, 9.17) is 16.6 Å². The molecule has 1 atom stereocenters. The van der Waals surface area contributed by atoms with Gasteiger partial charge in [-0.1, -0.05) is 36.7 Å². The Morgan fingerprint density at radius 1 is 1.28 bits per heavy atom. The number of nitrogens with zero attached hydrogens (tertiary/aromatic N) is 4. The first-order valence-corrected chi connectivity index (χ1v) is 12.4. The van der Waals surface area contributed by atoms with Gasteiger partial charge in [-0.15, -0.1) is 21.5 Å². The zero-order valence-corrected chi connectivity index (χ0v) is 19.7. The van der Waals surface area contributed by atoms with Crippen molar-refractivity contribution in [2.75, 3.05) is 6.54 Å². The van der Waals surface area contributed by atoms with E-state index >= 15 is 0 Å². The number of nitrogens with one attached hydrogen (secondary N) is 1. The van der Waals surface area contributed by atoms with E-state index in [-0.39, 0.29) is 17.4 Å². The quantitative estimate of drug-likeness (QED) is 0.621. The summed E-state index contributed by atoms with van der Waals surface area (Å²) in [6.07, 6.45) is 4.34. The van der Waals surface area contributed by atoms with Gasteiger partial charge in [-0.3, -0.25) is 14.4 Å². The minimum Gasteiger partial charge on any atom is -0.356 e. The molecule has 3 aromatic rings. The molecule has 1 aromatic carbocycles. The molecule has 32 heavy (non-hydrogen) atoms. The van der Waals surface area contributed by atoms with Crippen molar-refractivity contribution >= 4 is 34.6 Å². The van der Waals surface area contributed by atoms with Crippen molar-refractivity contribution in [3.05, 3.63) is 62.5 Å². The van der Waals surface area contributed by atoms with Crippen molar-refractivity contribution in [2.24, 2.45) is 10.9 Å². The van der Waals surface area contributed by atoms with Gasteiger partial charge in [0, 0.05) is 33.5 Å². The fourth-order valence-electron chi connectivity index (χ4n) is 4.93. The van der Waals surface area contributed by atoms with E-state index in [2.05, 4.69) is 27.0 Å². The van der Waals surface area contributed by atoms with Gasteiger partial charge in [0.1, 0.15) is 16.4 Å². The summed E-state index contributed by atoms with van der Waals surface area (Å²) < 4.78 is 2.20. The van der Waals surface area contributed by atoms with Gasteiger partial charge in [0.25, 0.3) is 0 Å². The van der Waals surface area contributed by atoms with Crippen LogP contribution in [0.2, 0.25) is 5.02 Å². The lowest BCUT2D eigenvalue weighted by atomic mass is 9.97. The number of carbonyl (C=O) groups is 1. The Hall–Kier alpha value is -2.51. The predicted octanol–water partition coefficient (Wildman–Crippen LogP) is 4.37. The van der Waals surface area contributed by atoms with E-state index in [9.17, 15) is 4.79 Å². The summed E-state index contributed by atoms with van der Waals surface area (Å²) in [6, 6.07) is 7.92. The summed E-state index contributed by atoms with van der Waals surface area (Å²) in [6.45, 7) is 4.80. The molecule has 3 heterocycles. The van der Waals surface area contributed by atoms with Gasteiger partial charge in [-0.25, -0.2) is 0 Å². The van der Waals surface area contributed by atoms with Crippen LogP contribution in [0.3, 0.4) is 0 Å². The van der Waals surface area contributed by atoms with Gasteiger partial charge in [0.2, 0.25) is 5.91 Å². The number of aryl methyl sites for hydroxylation is 1. The fourth-order valence-corrected chi connectivity index (χ4v) is 6.61. The summed E-state index contributed by atoms with van der Waals surface area (Å²) in [5, 5.41) is 13.8. The minimum atomic E-state index is -0.335. The molecule has 1 N–H and O–H groups in total. The average Bonchev–Trinajstić information content (AvgIpc) is 3.12. The first-order chi connectivity index (χ1) is 15.5. The van der Waals surface area contributed by atoms with Crippen molar-refractivity contribution in [3.63, 3.8) is 0 Å². The zero-order chi connectivity index (χ0) is 22.0. The molecule has 1 fully saturated rings. The number of benzene rings is 1. The molecular weight excluding hydrogens is 442 g/mol. The van der Waals surface area contributed by atoms with Gasteiger partial charge in [0.15, 0.2) is 5.82 Å². The van der Waals surface area contributed by atoms with Gasteiger partial charge in [-0.2, -0.15) is 0 Å². The summed E-state index contributed by atoms with van der Waals surface area (Å²) in [7, 11) is 0. The highest BCUT2D eigenvalue weighted by molar-refractivity contribution is 7.15. The largest absolute Gasteiger partial charge is 0.356 e. The summed E-state index contributed by atoms with van der Waals surface area (Å²) in [5.74, 6) is 1.92. The molecule has 8 heteroatoms. The van der Waals surface area contributed by atoms with Gasteiger partial charge in [0.05, 0.1) is 5.71 Å². The second-order valence-electron chi connectivity index (χ2n) is 8.96. The van der Waals surface area contributed by atoms with Crippen molar-refractivity contribution in [1.29, 1.82) is 0 Å². The molecule has 1 amide bonds. The third-order valence-corrected chi connectivity index (χ3v) is 8.30. The average molecular weight is 466 g/mol. The lowest BCUT2D eigenvalue weighted by Gasteiger charge is -2.13. The topological polar surface area (TPSA) is 72.2 Å². The maximum atomic E-state index is 12.8. The Kier molecular flexibility index (Phi) is 4.56. The lowest BCUT2D eigenvalue weighted by Crippen LogP contribution is -2.31. The Bertz CT molecular complexity index is 1290. The number of fused-ring (bicyclic) bond motifs is 6. The summed E-state index contributed by atoms with van der Waals surface area (Å²) in [4.78, 5) is 19.3. The number of amides is 1. The van der Waals surface area contributed by atoms with Crippen LogP contribution in [-0.4, -0.2) is 32.9 Å². The van der Waals surface area contributed by atoms with Crippen LogP contribution in [0.5, 0.6) is 0 Å². The molecule has 164 valence electrons. The highest BCUT2D eigenvalue weighted by atomic mass is 35.5. The van der Waals surface area contributed by atoms with Crippen LogP contribution in [0.1, 0.15) is 59.4 Å². The number of hydrogen-bond acceptors (Lipinski definition) is 5. The molecule has 2 aromatic heterocycles. The number of aromatic nitrogens is 3. The zero-order valence-electron chi connectivity index (χ0n) is 18.1. The van der Waals surface area contributed by atoms with E-state index in [1.165, 1.54) is 10.4 Å². The number of halogens is 1. The third-order valence-electron chi connectivity index (χ3n) is 6.73. The SMILES string of the molecule is CCCNC(=O)[C@@H]1Cc2sc3c(c2C1)C(c1ccccc1Cl)=NC1(CC1)c1nnc(C)n1-3. The molecule has 3 aliphatic rings. The van der Waals surface area contributed by atoms with Crippen LogP contribution in [0.15, 0.2) is 29.3 Å². The second-order valence-corrected chi connectivity index (χ2v) is 10.4. The maximum Gasteiger partial charge on any atom is 0.223 e. The van der Waals surface area contributed by atoms with E-state index < -0.39 is 0 Å². The van der Waals surface area contributed by atoms with Crippen molar-refractivity contribution < 1.29 is 4.79 Å². The van der Waals surface area contributed by atoms with E-state index in [0.29, 0.717) is 5.02 Å². The Morgan fingerprint density at radius 3 is 2.84 bits per heavy atom. The first kappa shape index (κ1) is 20.1. The normalized spacial score (nSPS) is 19.7. The highest BCUT2D eigenvalue weighted by Crippen LogP contribution is 2.54. The molecule has 6 nitrogen and oxygen atoms in total. The highest BCUT2D eigenvalue weighted by Gasteiger charge is 2.52. The maximum absolute atomic E-state index is 12.8. The second kappa shape index (κ2) is 7.25. The molecule has 2 aliphatic carbocycles. The Balaban J connectivity index is 1.54. The number of hydrogen-bond donors (Lipinski definition) is 1. The predicted molar refractivity (Wildman–Crippen MR) is 126 cm³/mol. The van der Waals surface area contributed by atoms with Gasteiger partial charge >= 0.3 is 0 Å². The molecule has 1 aliphatic heterocycles. The number of rotatable bonds is 4. The van der Waals surface area contributed by atoms with Crippen LogP contribution in [0, 0.1) is 12.8 Å². The number of aliphatic imine (C=N–C) groups is 1. The molecular formula is C24H24ClN5OS. The number of thiophene rings is 1. The van der Waals surface area contributed by atoms with E-state index in [0.717, 1.165) is 72.1 Å². The number of carbonyl (C=O) groups excluding carboxylic acids is 1. The lowest BCUT2D eigenvalue weighted by molar-refractivity contribution is -0.124. The minimum absolute atomic E-state index is 0.0276. The molecule has 6 rings (SSSR count). The van der Waals surface area contributed by atoms with Gasteiger partial charge < -0.3 is 5.32 Å². The van der Waals surface area contributed by atoms with Crippen molar-refractivity contribution in [3.8, 4) is 5.00 Å². The monoisotopic (exact) mass is 465 g/mol. The van der Waals surface area contributed by atoms with Crippen LogP contribution >= 0.6 is 22.9 Å². The molecule has 0 unspecified atom stereocenters. The van der Waals surface area contributed by atoms with Gasteiger partial charge in [-0.05, 0) is 50.7 Å². The Labute approximate surface area is 195 Å². The molecule has 1 spiro atoms. The van der Waals surface area contributed by atoms with Crippen molar-refractivity contribution in [2.45, 2.75) is 51.5 Å². The summed E-state index contributed by atoms with van der Waals surface area (Å²) in [5.41, 5.74) is 3.88. The van der Waals surface area contributed by atoms with Crippen molar-refractivity contribution in [1.82, 2.24) is 20.1 Å². The molecule has 0 radical (unpaired) electrons. The molecule has 0 bridgehead atoms. The molecule has 1 saturated carbocycles. The smallest absolute Gasteiger partial charge is 0.223 e. The fraction of sp³-hybridized carbons (Fsp3) is 0.417. The van der Waals surface area contributed by atoms with Crippen LogP contribution in [0.4, 0.5) is 0 Å². The van der Waals surface area contributed by atoms with Crippen LogP contribution < -0.4 is 5.32 Å². The third kappa shape index (κ3) is 2.90. The standard InChI is InChI=1S/C24H24ClN5OS/c1-3-10-26-21(31)14-11-16-18(12-14)32-22-19(16)20(15-6-4-5-7-17(15)25)27-24(8-9-24)23-29-28-13(2)30(22)23/h4-7,14H,3,8-12H2,1-2H3,(H,26,31)/t14-/m0/s1. The van der Waals surface area contributed by atoms with Crippen LogP contribution in [0.25, 0.3) is 5.00 Å². The molecule has 0 saturated heterocycles. The first-order valence-electron chi connectivity index (χ1n) is 11.2. The van der Waals surface area contributed by atoms with E-state index in [1.807, 2.05) is 31.2 Å².